The Kier molecular flexibility index (Phi) is 4.54. The molecular formula is C13H24N4O2. The third-order valence-electron chi connectivity index (χ3n) is 3.69. The Morgan fingerprint density at radius 2 is 2.00 bits per heavy atom. The van der Waals surface area contributed by atoms with Crippen molar-refractivity contribution in [2.24, 2.45) is 0 Å². The van der Waals surface area contributed by atoms with E-state index in [-0.39, 0.29) is 12.3 Å². The lowest BCUT2D eigenvalue weighted by Gasteiger charge is -2.33. The van der Waals surface area contributed by atoms with Gasteiger partial charge in [0, 0.05) is 26.8 Å². The van der Waals surface area contributed by atoms with Crippen molar-refractivity contribution in [1.29, 1.82) is 0 Å². The Hall–Kier alpha value is -0.980. The minimum absolute atomic E-state index is 0.124. The quantitative estimate of drug-likeness (QED) is 0.829. The summed E-state index contributed by atoms with van der Waals surface area (Å²) < 4.78 is 13.2. The lowest BCUT2D eigenvalue weighted by Crippen LogP contribution is -2.41. The van der Waals surface area contributed by atoms with Crippen molar-refractivity contribution in [1.82, 2.24) is 19.9 Å². The zero-order valence-electron chi connectivity index (χ0n) is 12.5. The van der Waals surface area contributed by atoms with E-state index in [1.807, 2.05) is 4.68 Å². The van der Waals surface area contributed by atoms with Crippen LogP contribution in [0.5, 0.6) is 0 Å². The van der Waals surface area contributed by atoms with Crippen LogP contribution in [0.15, 0.2) is 0 Å². The van der Waals surface area contributed by atoms with Crippen molar-refractivity contribution in [3.8, 4) is 0 Å². The van der Waals surface area contributed by atoms with E-state index in [1.54, 1.807) is 14.2 Å². The molecule has 0 saturated carbocycles. The van der Waals surface area contributed by atoms with Crippen molar-refractivity contribution in [2.75, 3.05) is 27.8 Å². The highest BCUT2D eigenvalue weighted by atomic mass is 16.5. The van der Waals surface area contributed by atoms with Crippen LogP contribution in [-0.4, -0.2) is 53.9 Å². The summed E-state index contributed by atoms with van der Waals surface area (Å²) in [6.07, 6.45) is 1.72. The molecule has 2 heterocycles. The van der Waals surface area contributed by atoms with E-state index in [9.17, 15) is 0 Å². The fourth-order valence-electron chi connectivity index (χ4n) is 2.73. The lowest BCUT2D eigenvalue weighted by atomic mass is 10.0. The molecule has 2 unspecified atom stereocenters. The van der Waals surface area contributed by atoms with Crippen LogP contribution >= 0.6 is 0 Å². The van der Waals surface area contributed by atoms with Gasteiger partial charge in [0.15, 0.2) is 0 Å². The van der Waals surface area contributed by atoms with E-state index < -0.39 is 0 Å². The maximum Gasteiger partial charge on any atom is 0.142 e. The molecular weight excluding hydrogens is 244 g/mol. The fourth-order valence-corrected chi connectivity index (χ4v) is 2.73. The molecule has 0 bridgehead atoms. The van der Waals surface area contributed by atoms with Crippen LogP contribution in [0, 0.1) is 0 Å². The number of aromatic nitrogens is 3. The van der Waals surface area contributed by atoms with Crippen LogP contribution in [0.4, 0.5) is 0 Å². The van der Waals surface area contributed by atoms with E-state index in [4.69, 9.17) is 9.47 Å². The topological polar surface area (TPSA) is 52.4 Å². The molecule has 1 aliphatic heterocycles. The first-order chi connectivity index (χ1) is 9.10. The third-order valence-corrected chi connectivity index (χ3v) is 3.69. The maximum absolute atomic E-state index is 5.64. The monoisotopic (exact) mass is 268 g/mol. The van der Waals surface area contributed by atoms with Gasteiger partial charge in [0.25, 0.3) is 0 Å². The van der Waals surface area contributed by atoms with Gasteiger partial charge in [-0.1, -0.05) is 5.21 Å². The zero-order valence-corrected chi connectivity index (χ0v) is 12.5. The van der Waals surface area contributed by atoms with Gasteiger partial charge >= 0.3 is 0 Å². The molecule has 0 fully saturated rings. The molecule has 2 atom stereocenters. The first-order valence-corrected chi connectivity index (χ1v) is 6.80. The number of methoxy groups -OCH3 is 2. The number of hydrogen-bond acceptors (Lipinski definition) is 5. The van der Waals surface area contributed by atoms with E-state index >= 15 is 0 Å². The molecule has 0 aliphatic carbocycles. The average Bonchev–Trinajstić information content (AvgIpc) is 2.77. The third kappa shape index (κ3) is 2.66. The highest BCUT2D eigenvalue weighted by Gasteiger charge is 2.34. The first kappa shape index (κ1) is 14.4. The molecule has 0 radical (unpaired) electrons. The van der Waals surface area contributed by atoms with Gasteiger partial charge in [-0.2, -0.15) is 0 Å². The van der Waals surface area contributed by atoms with E-state index in [1.165, 1.54) is 5.69 Å². The summed E-state index contributed by atoms with van der Waals surface area (Å²) in [6.45, 7) is 5.21. The molecule has 0 saturated heterocycles. The smallest absolute Gasteiger partial charge is 0.142 e. The van der Waals surface area contributed by atoms with Gasteiger partial charge in [0.05, 0.1) is 5.69 Å². The summed E-state index contributed by atoms with van der Waals surface area (Å²) in [5.41, 5.74) is 2.09. The number of rotatable bonds is 3. The molecule has 6 heteroatoms. The van der Waals surface area contributed by atoms with Crippen molar-refractivity contribution in [3.63, 3.8) is 0 Å². The SMILES string of the molecule is COC1c2nnn(C(C)C)c2CCCN(C)C1OC. The van der Waals surface area contributed by atoms with E-state index in [0.717, 1.165) is 25.1 Å². The highest BCUT2D eigenvalue weighted by Crippen LogP contribution is 2.29. The number of hydrogen-bond donors (Lipinski definition) is 0. The Morgan fingerprint density at radius 1 is 1.26 bits per heavy atom. The van der Waals surface area contributed by atoms with Crippen LogP contribution < -0.4 is 0 Å². The summed E-state index contributed by atoms with van der Waals surface area (Å²) in [5.74, 6) is 0. The zero-order chi connectivity index (χ0) is 14.0. The second-order valence-corrected chi connectivity index (χ2v) is 5.33. The second kappa shape index (κ2) is 5.98. The van der Waals surface area contributed by atoms with E-state index in [2.05, 4.69) is 36.1 Å². The summed E-state index contributed by atoms with van der Waals surface area (Å²) >= 11 is 0. The van der Waals surface area contributed by atoms with Crippen LogP contribution in [0.25, 0.3) is 0 Å². The Labute approximate surface area is 114 Å². The van der Waals surface area contributed by atoms with Crippen molar-refractivity contribution in [2.45, 2.75) is 45.1 Å². The van der Waals surface area contributed by atoms with Crippen molar-refractivity contribution >= 4 is 0 Å². The molecule has 1 aromatic rings. The number of nitrogens with zero attached hydrogens (tertiary/aromatic N) is 4. The van der Waals surface area contributed by atoms with Crippen LogP contribution in [0.3, 0.4) is 0 Å². The molecule has 1 aromatic heterocycles. The summed E-state index contributed by atoms with van der Waals surface area (Å²) in [6, 6.07) is 0.312. The molecule has 0 N–H and O–H groups in total. The number of likely N-dealkylation sites (N-methyl/N-ethyl adjacent to an activating group) is 1. The molecule has 0 spiro atoms. The maximum atomic E-state index is 5.64. The van der Waals surface area contributed by atoms with E-state index in [0.29, 0.717) is 6.04 Å². The molecule has 2 rings (SSSR count). The predicted molar refractivity (Wildman–Crippen MR) is 71.9 cm³/mol. The largest absolute Gasteiger partial charge is 0.371 e. The van der Waals surface area contributed by atoms with Crippen molar-refractivity contribution in [3.05, 3.63) is 11.4 Å². The molecule has 6 nitrogen and oxygen atoms in total. The normalized spacial score (nSPS) is 25.2. The van der Waals surface area contributed by atoms with Crippen LogP contribution in [-0.2, 0) is 15.9 Å². The summed E-state index contributed by atoms with van der Waals surface area (Å²) in [5, 5.41) is 8.63. The van der Waals surface area contributed by atoms with Crippen LogP contribution in [0.2, 0.25) is 0 Å². The predicted octanol–water partition coefficient (Wildman–Crippen LogP) is 1.40. The van der Waals surface area contributed by atoms with Gasteiger partial charge in [-0.15, -0.1) is 5.10 Å². The summed E-state index contributed by atoms with van der Waals surface area (Å²) in [7, 11) is 5.46. The Bertz CT molecular complexity index is 419. The minimum Gasteiger partial charge on any atom is -0.371 e. The van der Waals surface area contributed by atoms with Gasteiger partial charge in [0.1, 0.15) is 18.0 Å². The lowest BCUT2D eigenvalue weighted by molar-refractivity contribution is -0.116. The highest BCUT2D eigenvalue weighted by molar-refractivity contribution is 5.16. The first-order valence-electron chi connectivity index (χ1n) is 6.80. The van der Waals surface area contributed by atoms with Crippen molar-refractivity contribution < 1.29 is 9.47 Å². The minimum atomic E-state index is -0.196. The number of ether oxygens (including phenoxy) is 2. The van der Waals surface area contributed by atoms with Gasteiger partial charge in [-0.3, -0.25) is 4.90 Å². The fraction of sp³-hybridized carbons (Fsp3) is 0.846. The standard InChI is InChI=1S/C13H24N4O2/c1-9(2)17-10-7-6-8-16(3)13(19-5)12(18-4)11(10)14-15-17/h9,12-13H,6-8H2,1-5H3. The molecule has 0 aromatic carbocycles. The second-order valence-electron chi connectivity index (χ2n) is 5.33. The Morgan fingerprint density at radius 3 is 2.58 bits per heavy atom. The van der Waals surface area contributed by atoms with Crippen LogP contribution in [0.1, 0.15) is 43.8 Å². The molecule has 1 aliphatic rings. The van der Waals surface area contributed by atoms with Gasteiger partial charge in [0.2, 0.25) is 0 Å². The molecule has 19 heavy (non-hydrogen) atoms. The molecule has 108 valence electrons. The van der Waals surface area contributed by atoms with Gasteiger partial charge in [-0.25, -0.2) is 4.68 Å². The Balaban J connectivity index is 2.43. The van der Waals surface area contributed by atoms with Gasteiger partial charge < -0.3 is 9.47 Å². The molecule has 0 amide bonds. The summed E-state index contributed by atoms with van der Waals surface area (Å²) in [4.78, 5) is 2.17. The number of fused-ring (bicyclic) bond motifs is 1. The van der Waals surface area contributed by atoms with Gasteiger partial charge in [-0.05, 0) is 33.7 Å². The average molecular weight is 268 g/mol.